The third-order valence-electron chi connectivity index (χ3n) is 3.41. The Balaban J connectivity index is 1.50. The normalized spacial score (nSPS) is 31.9. The van der Waals surface area contributed by atoms with Gasteiger partial charge in [0.25, 0.3) is 0 Å². The maximum atomic E-state index is 5.71. The molecule has 1 saturated heterocycles. The number of fused-ring (bicyclic) bond motifs is 1. The Labute approximate surface area is 100 Å². The van der Waals surface area contributed by atoms with Gasteiger partial charge in [-0.15, -0.1) is 0 Å². The molecule has 4 heteroatoms. The van der Waals surface area contributed by atoms with Crippen LogP contribution in [0.5, 0.6) is 5.75 Å². The third-order valence-corrected chi connectivity index (χ3v) is 3.63. The Morgan fingerprint density at radius 1 is 1.44 bits per heavy atom. The van der Waals surface area contributed by atoms with Crippen LogP contribution in [0.3, 0.4) is 0 Å². The fourth-order valence-corrected chi connectivity index (χ4v) is 2.46. The standard InChI is InChI=1S/C12H15ClN2O/c13-12-4-3-10(6-14-12)16-7-9-2-1-8-5-11(8)15-9/h3-4,6,8-9,11,15H,1-2,5,7H2/t8-,9-,11+/m0/s1. The van der Waals surface area contributed by atoms with E-state index in [1.54, 1.807) is 12.3 Å². The Bertz CT molecular complexity index is 368. The summed E-state index contributed by atoms with van der Waals surface area (Å²) in [6, 6.07) is 4.88. The van der Waals surface area contributed by atoms with Crippen LogP contribution in [0.1, 0.15) is 19.3 Å². The Kier molecular flexibility index (Phi) is 2.74. The average Bonchev–Trinajstić information content (AvgIpc) is 3.06. The summed E-state index contributed by atoms with van der Waals surface area (Å²) in [7, 11) is 0. The van der Waals surface area contributed by atoms with E-state index >= 15 is 0 Å². The summed E-state index contributed by atoms with van der Waals surface area (Å²) >= 11 is 5.71. The fraction of sp³-hybridized carbons (Fsp3) is 0.583. The SMILES string of the molecule is Clc1ccc(OC[C@@H]2CC[C@H]3C[C@H]3N2)cn1. The molecule has 86 valence electrons. The van der Waals surface area contributed by atoms with Gasteiger partial charge in [-0.05, 0) is 37.3 Å². The molecule has 1 N–H and O–H groups in total. The smallest absolute Gasteiger partial charge is 0.137 e. The van der Waals surface area contributed by atoms with Crippen LogP contribution < -0.4 is 10.1 Å². The first-order chi connectivity index (χ1) is 7.81. The average molecular weight is 239 g/mol. The second kappa shape index (κ2) is 4.22. The third kappa shape index (κ3) is 2.30. The molecule has 1 aromatic rings. The predicted molar refractivity (Wildman–Crippen MR) is 62.8 cm³/mol. The lowest BCUT2D eigenvalue weighted by molar-refractivity contribution is 0.236. The van der Waals surface area contributed by atoms with Crippen molar-refractivity contribution < 1.29 is 4.74 Å². The molecule has 0 amide bonds. The molecule has 3 rings (SSSR count). The van der Waals surface area contributed by atoms with Crippen LogP contribution >= 0.6 is 11.6 Å². The van der Waals surface area contributed by atoms with Gasteiger partial charge in [0.05, 0.1) is 6.20 Å². The highest BCUT2D eigenvalue weighted by Crippen LogP contribution is 2.39. The quantitative estimate of drug-likeness (QED) is 0.821. The first-order valence-electron chi connectivity index (χ1n) is 5.81. The van der Waals surface area contributed by atoms with Crippen LogP contribution in [-0.2, 0) is 0 Å². The molecule has 1 aliphatic heterocycles. The van der Waals surface area contributed by atoms with Gasteiger partial charge < -0.3 is 10.1 Å². The summed E-state index contributed by atoms with van der Waals surface area (Å²) < 4.78 is 5.68. The number of ether oxygens (including phenoxy) is 1. The number of rotatable bonds is 3. The van der Waals surface area contributed by atoms with E-state index in [1.807, 2.05) is 6.07 Å². The van der Waals surface area contributed by atoms with Crippen LogP contribution in [0.2, 0.25) is 5.15 Å². The zero-order chi connectivity index (χ0) is 11.0. The lowest BCUT2D eigenvalue weighted by Gasteiger charge is -2.23. The molecule has 2 aliphatic rings. The highest BCUT2D eigenvalue weighted by molar-refractivity contribution is 6.29. The van der Waals surface area contributed by atoms with Gasteiger partial charge in [0.15, 0.2) is 0 Å². The van der Waals surface area contributed by atoms with Crippen molar-refractivity contribution in [3.8, 4) is 5.75 Å². The zero-order valence-electron chi connectivity index (χ0n) is 9.03. The molecule has 1 saturated carbocycles. The maximum absolute atomic E-state index is 5.71. The van der Waals surface area contributed by atoms with Crippen LogP contribution in [0.4, 0.5) is 0 Å². The molecular weight excluding hydrogens is 224 g/mol. The molecule has 0 spiro atoms. The number of hydrogen-bond acceptors (Lipinski definition) is 3. The molecule has 0 bridgehead atoms. The van der Waals surface area contributed by atoms with Gasteiger partial charge in [-0.25, -0.2) is 4.98 Å². The first-order valence-corrected chi connectivity index (χ1v) is 6.19. The minimum absolute atomic E-state index is 0.499. The summed E-state index contributed by atoms with van der Waals surface area (Å²) in [4.78, 5) is 3.99. The van der Waals surface area contributed by atoms with Crippen molar-refractivity contribution in [1.29, 1.82) is 0 Å². The van der Waals surface area contributed by atoms with Crippen molar-refractivity contribution in [2.75, 3.05) is 6.61 Å². The highest BCUT2D eigenvalue weighted by atomic mass is 35.5. The van der Waals surface area contributed by atoms with Crippen LogP contribution in [0.25, 0.3) is 0 Å². The van der Waals surface area contributed by atoms with E-state index in [4.69, 9.17) is 16.3 Å². The molecule has 1 aliphatic carbocycles. The van der Waals surface area contributed by atoms with Crippen LogP contribution in [0, 0.1) is 5.92 Å². The molecule has 3 nitrogen and oxygen atoms in total. The van der Waals surface area contributed by atoms with Gasteiger partial charge in [0.1, 0.15) is 17.5 Å². The first kappa shape index (κ1) is 10.4. The summed E-state index contributed by atoms with van der Waals surface area (Å²) in [6.45, 7) is 0.729. The second-order valence-electron chi connectivity index (χ2n) is 4.67. The molecule has 0 aromatic carbocycles. The molecule has 0 radical (unpaired) electrons. The van der Waals surface area contributed by atoms with E-state index in [0.717, 1.165) is 24.3 Å². The van der Waals surface area contributed by atoms with Crippen molar-refractivity contribution in [3.63, 3.8) is 0 Å². The summed E-state index contributed by atoms with van der Waals surface area (Å²) in [5.74, 6) is 1.75. The number of piperidine rings is 1. The largest absolute Gasteiger partial charge is 0.490 e. The van der Waals surface area contributed by atoms with Crippen molar-refractivity contribution in [3.05, 3.63) is 23.5 Å². The topological polar surface area (TPSA) is 34.1 Å². The van der Waals surface area contributed by atoms with Gasteiger partial charge in [0, 0.05) is 12.1 Å². The van der Waals surface area contributed by atoms with E-state index in [2.05, 4.69) is 10.3 Å². The second-order valence-corrected chi connectivity index (χ2v) is 5.06. The zero-order valence-corrected chi connectivity index (χ0v) is 9.78. The van der Waals surface area contributed by atoms with Crippen molar-refractivity contribution >= 4 is 11.6 Å². The Morgan fingerprint density at radius 2 is 2.38 bits per heavy atom. The fourth-order valence-electron chi connectivity index (χ4n) is 2.35. The molecule has 2 heterocycles. The van der Waals surface area contributed by atoms with E-state index in [0.29, 0.717) is 11.2 Å². The minimum atomic E-state index is 0.499. The summed E-state index contributed by atoms with van der Waals surface area (Å²) in [6.07, 6.45) is 5.61. The monoisotopic (exact) mass is 238 g/mol. The molecule has 2 fully saturated rings. The van der Waals surface area contributed by atoms with E-state index in [1.165, 1.54) is 19.3 Å². The van der Waals surface area contributed by atoms with Crippen LogP contribution in [0.15, 0.2) is 18.3 Å². The molecule has 0 unspecified atom stereocenters. The lowest BCUT2D eigenvalue weighted by atomic mass is 10.1. The maximum Gasteiger partial charge on any atom is 0.137 e. The van der Waals surface area contributed by atoms with Gasteiger partial charge in [-0.1, -0.05) is 11.6 Å². The number of nitrogens with one attached hydrogen (secondary N) is 1. The predicted octanol–water partition coefficient (Wildman–Crippen LogP) is 2.25. The highest BCUT2D eigenvalue weighted by Gasteiger charge is 2.41. The van der Waals surface area contributed by atoms with Gasteiger partial charge >= 0.3 is 0 Å². The van der Waals surface area contributed by atoms with Crippen LogP contribution in [-0.4, -0.2) is 23.7 Å². The number of halogens is 1. The Hall–Kier alpha value is -0.800. The number of aromatic nitrogens is 1. The molecule has 16 heavy (non-hydrogen) atoms. The van der Waals surface area contributed by atoms with Crippen molar-refractivity contribution in [2.45, 2.75) is 31.3 Å². The van der Waals surface area contributed by atoms with E-state index in [-0.39, 0.29) is 0 Å². The van der Waals surface area contributed by atoms with Crippen molar-refractivity contribution in [2.24, 2.45) is 5.92 Å². The Morgan fingerprint density at radius 3 is 3.12 bits per heavy atom. The molecule has 1 aromatic heterocycles. The van der Waals surface area contributed by atoms with Gasteiger partial charge in [0.2, 0.25) is 0 Å². The summed E-state index contributed by atoms with van der Waals surface area (Å²) in [5.41, 5.74) is 0. The van der Waals surface area contributed by atoms with Crippen molar-refractivity contribution in [1.82, 2.24) is 10.3 Å². The van der Waals surface area contributed by atoms with Gasteiger partial charge in [-0.2, -0.15) is 0 Å². The number of nitrogens with zero attached hydrogens (tertiary/aromatic N) is 1. The minimum Gasteiger partial charge on any atom is -0.490 e. The van der Waals surface area contributed by atoms with Gasteiger partial charge in [-0.3, -0.25) is 0 Å². The number of pyridine rings is 1. The molecule has 3 atom stereocenters. The number of hydrogen-bond donors (Lipinski definition) is 1. The van der Waals surface area contributed by atoms with E-state index < -0.39 is 0 Å². The molecular formula is C12H15ClN2O. The lowest BCUT2D eigenvalue weighted by Crippen LogP contribution is -2.39. The summed E-state index contributed by atoms with van der Waals surface area (Å²) in [5, 5.41) is 4.10. The van der Waals surface area contributed by atoms with E-state index in [9.17, 15) is 0 Å².